The molecule has 2 aromatic rings. The standard InChI is InChI=1S/C15H14BrClN2O2/c16-10-1-6-14(13(17)9-10)19-15(20)7-8-21-12-4-2-11(18)3-5-12/h1-6,9H,7-8,18H2,(H,19,20). The van der Waals surface area contributed by atoms with Crippen LogP contribution in [0.15, 0.2) is 46.9 Å². The topological polar surface area (TPSA) is 64.3 Å². The first-order valence-electron chi connectivity index (χ1n) is 6.28. The third-order valence-corrected chi connectivity index (χ3v) is 3.49. The number of nitrogens with one attached hydrogen (secondary N) is 1. The summed E-state index contributed by atoms with van der Waals surface area (Å²) in [5, 5.41) is 3.22. The summed E-state index contributed by atoms with van der Waals surface area (Å²) < 4.78 is 6.32. The highest BCUT2D eigenvalue weighted by molar-refractivity contribution is 9.10. The lowest BCUT2D eigenvalue weighted by Gasteiger charge is -2.09. The van der Waals surface area contributed by atoms with Gasteiger partial charge in [0.1, 0.15) is 5.75 Å². The lowest BCUT2D eigenvalue weighted by atomic mass is 10.3. The minimum atomic E-state index is -0.158. The maximum Gasteiger partial charge on any atom is 0.227 e. The van der Waals surface area contributed by atoms with Crippen LogP contribution in [-0.4, -0.2) is 12.5 Å². The minimum absolute atomic E-state index is 0.158. The van der Waals surface area contributed by atoms with Crippen molar-refractivity contribution >= 4 is 44.8 Å². The first kappa shape index (κ1) is 15.7. The number of halogens is 2. The van der Waals surface area contributed by atoms with Gasteiger partial charge in [-0.25, -0.2) is 0 Å². The molecule has 0 saturated heterocycles. The molecule has 0 radical (unpaired) electrons. The van der Waals surface area contributed by atoms with E-state index in [-0.39, 0.29) is 18.9 Å². The molecule has 0 aliphatic rings. The van der Waals surface area contributed by atoms with Crippen molar-refractivity contribution in [1.82, 2.24) is 0 Å². The van der Waals surface area contributed by atoms with E-state index < -0.39 is 0 Å². The van der Waals surface area contributed by atoms with Crippen LogP contribution in [0.1, 0.15) is 6.42 Å². The Balaban J connectivity index is 1.81. The molecule has 2 rings (SSSR count). The Hall–Kier alpha value is -1.72. The number of carbonyl (C=O) groups excluding carboxylic acids is 1. The number of nitrogens with two attached hydrogens (primary N) is 1. The van der Waals surface area contributed by atoms with Crippen LogP contribution in [0.5, 0.6) is 5.75 Å². The summed E-state index contributed by atoms with van der Waals surface area (Å²) in [6.45, 7) is 0.282. The molecule has 110 valence electrons. The molecule has 0 aliphatic heterocycles. The average Bonchev–Trinajstić information content (AvgIpc) is 2.44. The second kappa shape index (κ2) is 7.33. The van der Waals surface area contributed by atoms with Crippen molar-refractivity contribution in [2.75, 3.05) is 17.7 Å². The lowest BCUT2D eigenvalue weighted by molar-refractivity contribution is -0.116. The predicted octanol–water partition coefficient (Wildman–Crippen LogP) is 4.09. The van der Waals surface area contributed by atoms with Gasteiger partial charge in [-0.05, 0) is 42.5 Å². The highest BCUT2D eigenvalue weighted by Gasteiger charge is 2.06. The molecule has 6 heteroatoms. The molecule has 0 atom stereocenters. The van der Waals surface area contributed by atoms with Gasteiger partial charge in [-0.2, -0.15) is 0 Å². The second-order valence-corrected chi connectivity index (χ2v) is 5.66. The molecule has 2 aromatic carbocycles. The van der Waals surface area contributed by atoms with E-state index in [4.69, 9.17) is 22.1 Å². The maximum absolute atomic E-state index is 11.8. The fourth-order valence-electron chi connectivity index (χ4n) is 1.63. The average molecular weight is 370 g/mol. The summed E-state index contributed by atoms with van der Waals surface area (Å²) >= 11 is 9.34. The molecular weight excluding hydrogens is 356 g/mol. The van der Waals surface area contributed by atoms with Crippen LogP contribution in [0.4, 0.5) is 11.4 Å². The molecule has 0 aliphatic carbocycles. The number of hydrogen-bond acceptors (Lipinski definition) is 3. The Bertz CT molecular complexity index is 632. The normalized spacial score (nSPS) is 10.2. The first-order valence-corrected chi connectivity index (χ1v) is 7.45. The second-order valence-electron chi connectivity index (χ2n) is 4.34. The van der Waals surface area contributed by atoms with Crippen LogP contribution >= 0.6 is 27.5 Å². The summed E-state index contributed by atoms with van der Waals surface area (Å²) in [7, 11) is 0. The number of ether oxygens (including phenoxy) is 1. The molecule has 0 spiro atoms. The zero-order valence-corrected chi connectivity index (χ0v) is 13.4. The van der Waals surface area contributed by atoms with Gasteiger partial charge in [-0.1, -0.05) is 27.5 Å². The molecule has 0 heterocycles. The fourth-order valence-corrected chi connectivity index (χ4v) is 2.35. The van der Waals surface area contributed by atoms with Gasteiger partial charge in [0.25, 0.3) is 0 Å². The molecule has 0 aromatic heterocycles. The lowest BCUT2D eigenvalue weighted by Crippen LogP contribution is -2.15. The Morgan fingerprint density at radius 2 is 1.95 bits per heavy atom. The molecule has 0 bridgehead atoms. The Morgan fingerprint density at radius 3 is 2.62 bits per heavy atom. The predicted molar refractivity (Wildman–Crippen MR) is 88.7 cm³/mol. The van der Waals surface area contributed by atoms with Gasteiger partial charge in [0.2, 0.25) is 5.91 Å². The summed E-state index contributed by atoms with van der Waals surface area (Å²) in [5.41, 5.74) is 6.83. The third kappa shape index (κ3) is 4.95. The van der Waals surface area contributed by atoms with Gasteiger partial charge >= 0.3 is 0 Å². The van der Waals surface area contributed by atoms with E-state index >= 15 is 0 Å². The molecule has 0 saturated carbocycles. The summed E-state index contributed by atoms with van der Waals surface area (Å²) in [6, 6.07) is 12.3. The smallest absolute Gasteiger partial charge is 0.227 e. The van der Waals surface area contributed by atoms with Crippen LogP contribution in [0.3, 0.4) is 0 Å². The van der Waals surface area contributed by atoms with Crippen molar-refractivity contribution in [3.63, 3.8) is 0 Å². The van der Waals surface area contributed by atoms with Crippen LogP contribution in [-0.2, 0) is 4.79 Å². The van der Waals surface area contributed by atoms with Crippen LogP contribution in [0, 0.1) is 0 Å². The van der Waals surface area contributed by atoms with E-state index in [1.165, 1.54) is 0 Å². The van der Waals surface area contributed by atoms with Gasteiger partial charge < -0.3 is 15.8 Å². The number of amides is 1. The zero-order chi connectivity index (χ0) is 15.2. The van der Waals surface area contributed by atoms with Gasteiger partial charge in [0.15, 0.2) is 0 Å². The highest BCUT2D eigenvalue weighted by atomic mass is 79.9. The first-order chi connectivity index (χ1) is 10.0. The number of benzene rings is 2. The summed E-state index contributed by atoms with van der Waals surface area (Å²) in [4.78, 5) is 11.8. The van der Waals surface area contributed by atoms with Crippen molar-refractivity contribution in [2.24, 2.45) is 0 Å². The van der Waals surface area contributed by atoms with Gasteiger partial charge in [0, 0.05) is 10.2 Å². The fraction of sp³-hybridized carbons (Fsp3) is 0.133. The molecule has 0 fully saturated rings. The molecule has 21 heavy (non-hydrogen) atoms. The van der Waals surface area contributed by atoms with Crippen LogP contribution in [0.25, 0.3) is 0 Å². The number of hydrogen-bond donors (Lipinski definition) is 2. The van der Waals surface area contributed by atoms with E-state index in [2.05, 4.69) is 21.2 Å². The van der Waals surface area contributed by atoms with E-state index in [1.54, 1.807) is 36.4 Å². The number of nitrogen functional groups attached to an aromatic ring is 1. The third-order valence-electron chi connectivity index (χ3n) is 2.68. The SMILES string of the molecule is Nc1ccc(OCCC(=O)Nc2ccc(Br)cc2Cl)cc1. The van der Waals surface area contributed by atoms with Crippen LogP contribution < -0.4 is 15.8 Å². The Kier molecular flexibility index (Phi) is 5.47. The number of anilines is 2. The Morgan fingerprint density at radius 1 is 1.24 bits per heavy atom. The maximum atomic E-state index is 11.8. The number of carbonyl (C=O) groups is 1. The minimum Gasteiger partial charge on any atom is -0.493 e. The van der Waals surface area contributed by atoms with Crippen molar-refractivity contribution in [2.45, 2.75) is 6.42 Å². The molecule has 4 nitrogen and oxygen atoms in total. The summed E-state index contributed by atoms with van der Waals surface area (Å²) in [5.74, 6) is 0.522. The van der Waals surface area contributed by atoms with Gasteiger partial charge in [-0.15, -0.1) is 0 Å². The van der Waals surface area contributed by atoms with Crippen molar-refractivity contribution in [3.05, 3.63) is 52.0 Å². The Labute approximate surface area is 136 Å². The van der Waals surface area contributed by atoms with Crippen molar-refractivity contribution < 1.29 is 9.53 Å². The van der Waals surface area contributed by atoms with Crippen LogP contribution in [0.2, 0.25) is 5.02 Å². The van der Waals surface area contributed by atoms with Crippen molar-refractivity contribution in [1.29, 1.82) is 0 Å². The van der Waals surface area contributed by atoms with E-state index in [1.807, 2.05) is 6.07 Å². The monoisotopic (exact) mass is 368 g/mol. The molecular formula is C15H14BrClN2O2. The van der Waals surface area contributed by atoms with E-state index in [0.717, 1.165) is 4.47 Å². The van der Waals surface area contributed by atoms with Gasteiger partial charge in [0.05, 0.1) is 23.7 Å². The molecule has 3 N–H and O–H groups in total. The van der Waals surface area contributed by atoms with E-state index in [0.29, 0.717) is 22.1 Å². The van der Waals surface area contributed by atoms with Crippen molar-refractivity contribution in [3.8, 4) is 5.75 Å². The molecule has 0 unspecified atom stereocenters. The summed E-state index contributed by atoms with van der Waals surface area (Å²) in [6.07, 6.45) is 0.233. The zero-order valence-electron chi connectivity index (χ0n) is 11.1. The highest BCUT2D eigenvalue weighted by Crippen LogP contribution is 2.25. The van der Waals surface area contributed by atoms with E-state index in [9.17, 15) is 4.79 Å². The van der Waals surface area contributed by atoms with Gasteiger partial charge in [-0.3, -0.25) is 4.79 Å². The largest absolute Gasteiger partial charge is 0.493 e. The molecule has 1 amide bonds. The number of rotatable bonds is 5. The quantitative estimate of drug-likeness (QED) is 0.780.